The number of nitrogens with one attached hydrogen (secondary N) is 1. The van der Waals surface area contributed by atoms with E-state index in [-0.39, 0.29) is 5.69 Å². The van der Waals surface area contributed by atoms with E-state index in [0.717, 1.165) is 5.57 Å². The first-order valence-corrected chi connectivity index (χ1v) is 6.29. The monoisotopic (exact) mass is 307 g/mol. The Bertz CT molecular complexity index is 697. The van der Waals surface area contributed by atoms with E-state index in [1.807, 2.05) is 12.2 Å². The number of allylic oxidation sites excluding steroid dienone is 1. The molecule has 2 rings (SSSR count). The molecule has 0 radical (unpaired) electrons. The van der Waals surface area contributed by atoms with Gasteiger partial charge in [0.1, 0.15) is 0 Å². The van der Waals surface area contributed by atoms with Gasteiger partial charge in [-0.25, -0.2) is 0 Å². The SMILES string of the molecule is C/C(=C\c1cccc(NC(=O)C(F)(F)F)c1)c1cnccn1. The van der Waals surface area contributed by atoms with Gasteiger partial charge in [0.25, 0.3) is 0 Å². The van der Waals surface area contributed by atoms with Gasteiger partial charge in [-0.05, 0) is 36.3 Å². The zero-order valence-corrected chi connectivity index (χ0v) is 11.6. The Morgan fingerprint density at radius 3 is 2.68 bits per heavy atom. The molecule has 4 nitrogen and oxygen atoms in total. The number of carbonyl (C=O) groups excluding carboxylic acids is 1. The molecule has 0 saturated heterocycles. The molecule has 0 atom stereocenters. The van der Waals surface area contributed by atoms with Gasteiger partial charge in [-0.3, -0.25) is 14.8 Å². The van der Waals surface area contributed by atoms with E-state index < -0.39 is 12.1 Å². The maximum atomic E-state index is 12.2. The summed E-state index contributed by atoms with van der Waals surface area (Å²) in [4.78, 5) is 19.0. The van der Waals surface area contributed by atoms with Crippen molar-refractivity contribution in [2.45, 2.75) is 13.1 Å². The van der Waals surface area contributed by atoms with E-state index in [2.05, 4.69) is 9.97 Å². The van der Waals surface area contributed by atoms with Crippen LogP contribution in [0.5, 0.6) is 0 Å². The van der Waals surface area contributed by atoms with Gasteiger partial charge >= 0.3 is 12.1 Å². The molecule has 0 spiro atoms. The Kier molecular flexibility index (Phi) is 4.55. The number of nitrogens with zero attached hydrogens (tertiary/aromatic N) is 2. The predicted molar refractivity (Wildman–Crippen MR) is 76.7 cm³/mol. The van der Waals surface area contributed by atoms with Crippen LogP contribution in [0, 0.1) is 0 Å². The summed E-state index contributed by atoms with van der Waals surface area (Å²) < 4.78 is 36.7. The summed E-state index contributed by atoms with van der Waals surface area (Å²) in [6.45, 7) is 1.81. The molecule has 0 saturated carbocycles. The molecule has 0 bridgehead atoms. The highest BCUT2D eigenvalue weighted by Gasteiger charge is 2.38. The van der Waals surface area contributed by atoms with E-state index in [1.165, 1.54) is 12.1 Å². The molecule has 1 heterocycles. The van der Waals surface area contributed by atoms with E-state index in [4.69, 9.17) is 0 Å². The second-order valence-electron chi connectivity index (χ2n) is 4.50. The van der Waals surface area contributed by atoms with Crippen molar-refractivity contribution in [3.05, 3.63) is 54.1 Å². The van der Waals surface area contributed by atoms with Crippen LogP contribution in [0.15, 0.2) is 42.9 Å². The Labute approximate surface area is 124 Å². The smallest absolute Gasteiger partial charge is 0.318 e. The molecule has 0 aliphatic carbocycles. The number of aromatic nitrogens is 2. The lowest BCUT2D eigenvalue weighted by molar-refractivity contribution is -0.167. The number of anilines is 1. The minimum absolute atomic E-state index is 0.0722. The number of rotatable bonds is 3. The number of halogens is 3. The number of hydrogen-bond acceptors (Lipinski definition) is 3. The predicted octanol–water partition coefficient (Wildman–Crippen LogP) is 3.54. The molecule has 0 fully saturated rings. The molecule has 1 N–H and O–H groups in total. The molecular formula is C15H12F3N3O. The van der Waals surface area contributed by atoms with Crippen molar-refractivity contribution in [2.75, 3.05) is 5.32 Å². The Balaban J connectivity index is 2.20. The van der Waals surface area contributed by atoms with Crippen LogP contribution in [0.25, 0.3) is 11.6 Å². The number of hydrogen-bond donors (Lipinski definition) is 1. The molecule has 0 aliphatic heterocycles. The van der Waals surface area contributed by atoms with Gasteiger partial charge in [0.2, 0.25) is 0 Å². The maximum Gasteiger partial charge on any atom is 0.471 e. The first kappa shape index (κ1) is 15.7. The molecule has 0 unspecified atom stereocenters. The lowest BCUT2D eigenvalue weighted by atomic mass is 10.1. The third-order valence-corrected chi connectivity index (χ3v) is 2.75. The lowest BCUT2D eigenvalue weighted by Gasteiger charge is -2.08. The molecule has 2 aromatic rings. The second kappa shape index (κ2) is 6.38. The molecule has 1 aromatic heterocycles. The summed E-state index contributed by atoms with van der Waals surface area (Å²) >= 11 is 0. The van der Waals surface area contributed by atoms with Crippen molar-refractivity contribution in [1.29, 1.82) is 0 Å². The van der Waals surface area contributed by atoms with Crippen LogP contribution in [-0.2, 0) is 4.79 Å². The molecule has 1 amide bonds. The molecule has 114 valence electrons. The molecule has 7 heteroatoms. The van der Waals surface area contributed by atoms with E-state index in [9.17, 15) is 18.0 Å². The van der Waals surface area contributed by atoms with E-state index in [1.54, 1.807) is 36.8 Å². The van der Waals surface area contributed by atoms with Gasteiger partial charge < -0.3 is 5.32 Å². The van der Waals surface area contributed by atoms with Crippen molar-refractivity contribution < 1.29 is 18.0 Å². The van der Waals surface area contributed by atoms with Crippen molar-refractivity contribution in [3.8, 4) is 0 Å². The van der Waals surface area contributed by atoms with Gasteiger partial charge in [0.05, 0.1) is 11.9 Å². The largest absolute Gasteiger partial charge is 0.471 e. The zero-order valence-electron chi connectivity index (χ0n) is 11.6. The fourth-order valence-electron chi connectivity index (χ4n) is 1.73. The van der Waals surface area contributed by atoms with Gasteiger partial charge in [-0.15, -0.1) is 0 Å². The topological polar surface area (TPSA) is 54.9 Å². The molecular weight excluding hydrogens is 295 g/mol. The minimum atomic E-state index is -4.92. The van der Waals surface area contributed by atoms with Gasteiger partial charge in [-0.2, -0.15) is 13.2 Å². The summed E-state index contributed by atoms with van der Waals surface area (Å²) in [6.07, 6.45) is 1.51. The number of benzene rings is 1. The average Bonchev–Trinajstić information content (AvgIpc) is 2.47. The highest BCUT2D eigenvalue weighted by atomic mass is 19.4. The summed E-state index contributed by atoms with van der Waals surface area (Å²) in [7, 11) is 0. The first-order valence-electron chi connectivity index (χ1n) is 6.29. The van der Waals surface area contributed by atoms with Crippen LogP contribution in [0.3, 0.4) is 0 Å². The maximum absolute atomic E-state index is 12.2. The van der Waals surface area contributed by atoms with Crippen LogP contribution < -0.4 is 5.32 Å². The van der Waals surface area contributed by atoms with Gasteiger partial charge in [-0.1, -0.05) is 12.1 Å². The van der Waals surface area contributed by atoms with Crippen LogP contribution in [0.2, 0.25) is 0 Å². The highest BCUT2D eigenvalue weighted by Crippen LogP contribution is 2.21. The van der Waals surface area contributed by atoms with Crippen LogP contribution >= 0.6 is 0 Å². The Morgan fingerprint density at radius 2 is 2.05 bits per heavy atom. The van der Waals surface area contributed by atoms with Crippen molar-refractivity contribution in [1.82, 2.24) is 9.97 Å². The quantitative estimate of drug-likeness (QED) is 0.943. The molecule has 1 aromatic carbocycles. The van der Waals surface area contributed by atoms with Gasteiger partial charge in [0, 0.05) is 18.1 Å². The number of carbonyl (C=O) groups is 1. The second-order valence-corrected chi connectivity index (χ2v) is 4.50. The molecule has 0 aliphatic rings. The van der Waals surface area contributed by atoms with Crippen LogP contribution in [-0.4, -0.2) is 22.1 Å². The van der Waals surface area contributed by atoms with E-state index in [0.29, 0.717) is 11.3 Å². The molecule has 22 heavy (non-hydrogen) atoms. The fourth-order valence-corrected chi connectivity index (χ4v) is 1.73. The van der Waals surface area contributed by atoms with Crippen molar-refractivity contribution in [2.24, 2.45) is 0 Å². The average molecular weight is 307 g/mol. The summed E-state index contributed by atoms with van der Waals surface area (Å²) in [5, 5.41) is 1.81. The van der Waals surface area contributed by atoms with Crippen LogP contribution in [0.4, 0.5) is 18.9 Å². The van der Waals surface area contributed by atoms with Gasteiger partial charge in [0.15, 0.2) is 0 Å². The first-order chi connectivity index (χ1) is 10.4. The summed E-state index contributed by atoms with van der Waals surface area (Å²) in [5.41, 5.74) is 2.17. The van der Waals surface area contributed by atoms with E-state index >= 15 is 0 Å². The lowest BCUT2D eigenvalue weighted by Crippen LogP contribution is -2.29. The van der Waals surface area contributed by atoms with Crippen molar-refractivity contribution in [3.63, 3.8) is 0 Å². The van der Waals surface area contributed by atoms with Crippen LogP contribution in [0.1, 0.15) is 18.2 Å². The van der Waals surface area contributed by atoms with Crippen molar-refractivity contribution >= 4 is 23.2 Å². The Morgan fingerprint density at radius 1 is 1.27 bits per heavy atom. The summed E-state index contributed by atoms with van der Waals surface area (Å²) in [5.74, 6) is -2.00. The fraction of sp³-hybridized carbons (Fsp3) is 0.133. The summed E-state index contributed by atoms with van der Waals surface area (Å²) in [6, 6.07) is 6.10. The zero-order chi connectivity index (χ0) is 16.2. The standard InChI is InChI=1S/C15H12F3N3O/c1-10(13-9-19-5-6-20-13)7-11-3-2-4-12(8-11)21-14(22)15(16,17)18/h2-9H,1H3,(H,21,22)/b10-7+. The normalized spacial score (nSPS) is 12.1. The third-order valence-electron chi connectivity index (χ3n) is 2.75. The minimum Gasteiger partial charge on any atom is -0.318 e. The third kappa shape index (κ3) is 4.15. The Hall–Kier alpha value is -2.70. The number of amides is 1. The highest BCUT2D eigenvalue weighted by molar-refractivity contribution is 5.95. The number of alkyl halides is 3.